The van der Waals surface area contributed by atoms with Crippen LogP contribution in [0, 0.1) is 0 Å². The van der Waals surface area contributed by atoms with Gasteiger partial charge < -0.3 is 18.3 Å². The van der Waals surface area contributed by atoms with E-state index in [4.69, 9.17) is 9.97 Å². The minimum Gasteiger partial charge on any atom is -0.309 e. The van der Waals surface area contributed by atoms with E-state index in [0.29, 0.717) is 5.82 Å². The summed E-state index contributed by atoms with van der Waals surface area (Å²) in [6.07, 6.45) is 0. The monoisotopic (exact) mass is 1120 g/mol. The molecule has 0 fully saturated rings. The maximum absolute atomic E-state index is 5.36. The standard InChI is InChI=1S/C82H52N6/c1-4-18-53(19-5-1)72-52-73(54-32-40-62(41-33-54)87-74-28-14-10-24-64(74)68-44-36-58(50-80(68)87)56-38-46-78-70(48-56)66-26-12-16-30-76(66)85(78)60-20-6-2-7-21-60)84-82(83-72)55-34-42-63(43-35-55)88-75-29-15-11-25-65(75)69-45-37-59(51-81(69)88)57-39-47-79-71(49-57)67-27-13-17-31-77(67)86(79)61-22-8-3-9-23-61/h1-52H. The van der Waals surface area contributed by atoms with Gasteiger partial charge in [-0.25, -0.2) is 9.97 Å². The predicted molar refractivity (Wildman–Crippen MR) is 367 cm³/mol. The maximum atomic E-state index is 5.36. The Morgan fingerprint density at radius 3 is 0.886 bits per heavy atom. The fourth-order valence-electron chi connectivity index (χ4n) is 13.9. The van der Waals surface area contributed by atoms with E-state index < -0.39 is 0 Å². The van der Waals surface area contributed by atoms with Gasteiger partial charge in [-0.2, -0.15) is 0 Å². The number of rotatable bonds is 9. The molecule has 6 heteroatoms. The highest BCUT2D eigenvalue weighted by Crippen LogP contribution is 2.42. The third-order valence-corrected chi connectivity index (χ3v) is 18.0. The van der Waals surface area contributed by atoms with Crippen molar-refractivity contribution in [3.8, 4) is 78.9 Å². The molecule has 6 nitrogen and oxygen atoms in total. The molecule has 0 saturated carbocycles. The van der Waals surface area contributed by atoms with Gasteiger partial charge in [-0.05, 0) is 150 Å². The van der Waals surface area contributed by atoms with Crippen LogP contribution in [-0.4, -0.2) is 28.2 Å². The molecule has 18 aromatic rings. The predicted octanol–water partition coefficient (Wildman–Crippen LogP) is 21.2. The normalized spacial score (nSPS) is 11.9. The molecule has 13 aromatic carbocycles. The zero-order chi connectivity index (χ0) is 57.8. The second kappa shape index (κ2) is 19.9. The summed E-state index contributed by atoms with van der Waals surface area (Å²) in [5, 5.41) is 9.79. The molecule has 88 heavy (non-hydrogen) atoms. The Balaban J connectivity index is 0.707. The Morgan fingerprint density at radius 2 is 0.455 bits per heavy atom. The number of aromatic nitrogens is 6. The number of benzene rings is 13. The lowest BCUT2D eigenvalue weighted by atomic mass is 10.0. The van der Waals surface area contributed by atoms with Crippen LogP contribution >= 0.6 is 0 Å². The maximum Gasteiger partial charge on any atom is 0.160 e. The van der Waals surface area contributed by atoms with E-state index in [0.717, 1.165) is 78.5 Å². The van der Waals surface area contributed by atoms with Crippen LogP contribution in [-0.2, 0) is 0 Å². The van der Waals surface area contributed by atoms with Crippen molar-refractivity contribution in [1.82, 2.24) is 28.2 Å². The first-order valence-electron chi connectivity index (χ1n) is 30.0. The van der Waals surface area contributed by atoms with Crippen LogP contribution in [0.2, 0.25) is 0 Å². The highest BCUT2D eigenvalue weighted by atomic mass is 15.0. The van der Waals surface area contributed by atoms with E-state index in [2.05, 4.69) is 328 Å². The van der Waals surface area contributed by atoms with Gasteiger partial charge in [-0.15, -0.1) is 0 Å². The fourth-order valence-corrected chi connectivity index (χ4v) is 13.9. The van der Waals surface area contributed by atoms with Crippen LogP contribution in [0.15, 0.2) is 315 Å². The van der Waals surface area contributed by atoms with E-state index >= 15 is 0 Å². The summed E-state index contributed by atoms with van der Waals surface area (Å²) in [6.45, 7) is 0. The van der Waals surface area contributed by atoms with Crippen molar-refractivity contribution in [3.05, 3.63) is 315 Å². The average molecular weight is 1120 g/mol. The van der Waals surface area contributed by atoms with Crippen LogP contribution in [0.3, 0.4) is 0 Å². The molecule has 0 amide bonds. The molecule has 0 N–H and O–H groups in total. The first-order valence-corrected chi connectivity index (χ1v) is 30.0. The quantitative estimate of drug-likeness (QED) is 0.145. The van der Waals surface area contributed by atoms with Crippen molar-refractivity contribution in [2.24, 2.45) is 0 Å². The topological polar surface area (TPSA) is 45.5 Å². The SMILES string of the molecule is c1ccc(-c2cc(-c3ccc(-n4c5ccccc5c5ccc(-c6ccc7c(c6)c6ccccc6n7-c6ccccc6)cc54)cc3)nc(-c3ccc(-n4c5ccccc5c5ccc(-c6ccc7c(c6)c6ccccc6n7-c6ccccc6)cc54)cc3)n2)cc1. The van der Waals surface area contributed by atoms with Crippen molar-refractivity contribution < 1.29 is 0 Å². The summed E-state index contributed by atoms with van der Waals surface area (Å²) in [4.78, 5) is 10.6. The smallest absolute Gasteiger partial charge is 0.160 e. The molecule has 0 aliphatic carbocycles. The Hall–Kier alpha value is -11.9. The molecule has 0 unspecified atom stereocenters. The van der Waals surface area contributed by atoms with Crippen LogP contribution in [0.5, 0.6) is 0 Å². The van der Waals surface area contributed by atoms with Crippen molar-refractivity contribution >= 4 is 87.2 Å². The summed E-state index contributed by atoms with van der Waals surface area (Å²) >= 11 is 0. The fraction of sp³-hybridized carbons (Fsp3) is 0. The van der Waals surface area contributed by atoms with E-state index in [1.165, 1.54) is 81.8 Å². The van der Waals surface area contributed by atoms with Gasteiger partial charge in [0, 0.05) is 82.5 Å². The molecule has 0 saturated heterocycles. The summed E-state index contributed by atoms with van der Waals surface area (Å²) < 4.78 is 9.55. The molecule has 5 aromatic heterocycles. The number of para-hydroxylation sites is 6. The lowest BCUT2D eigenvalue weighted by molar-refractivity contribution is 1.16. The zero-order valence-corrected chi connectivity index (χ0v) is 47.7. The van der Waals surface area contributed by atoms with E-state index in [9.17, 15) is 0 Å². The molecule has 0 radical (unpaired) electrons. The van der Waals surface area contributed by atoms with Gasteiger partial charge in [0.1, 0.15) is 0 Å². The zero-order valence-electron chi connectivity index (χ0n) is 47.7. The van der Waals surface area contributed by atoms with Crippen LogP contribution < -0.4 is 0 Å². The Labute approximate surface area is 507 Å². The summed E-state index contributed by atoms with van der Waals surface area (Å²) in [5.74, 6) is 0.665. The highest BCUT2D eigenvalue weighted by Gasteiger charge is 2.20. The molecule has 410 valence electrons. The van der Waals surface area contributed by atoms with Gasteiger partial charge in [0.2, 0.25) is 0 Å². The number of fused-ring (bicyclic) bond motifs is 12. The molecule has 0 spiro atoms. The summed E-state index contributed by atoms with van der Waals surface area (Å²) in [6, 6.07) is 114. The van der Waals surface area contributed by atoms with Gasteiger partial charge in [0.05, 0.1) is 55.5 Å². The molecule has 0 aliphatic heterocycles. The van der Waals surface area contributed by atoms with Gasteiger partial charge in [0.25, 0.3) is 0 Å². The van der Waals surface area contributed by atoms with E-state index in [1.54, 1.807) is 0 Å². The molecule has 0 atom stereocenters. The molecular formula is C82H52N6. The van der Waals surface area contributed by atoms with Crippen molar-refractivity contribution in [2.75, 3.05) is 0 Å². The molecular weight excluding hydrogens is 1070 g/mol. The van der Waals surface area contributed by atoms with Gasteiger partial charge in [-0.1, -0.05) is 188 Å². The highest BCUT2D eigenvalue weighted by molar-refractivity contribution is 6.14. The molecule has 5 heterocycles. The lowest BCUT2D eigenvalue weighted by Gasteiger charge is -2.13. The Morgan fingerprint density at radius 1 is 0.170 bits per heavy atom. The molecule has 18 rings (SSSR count). The largest absolute Gasteiger partial charge is 0.309 e. The second-order valence-corrected chi connectivity index (χ2v) is 22.9. The second-order valence-electron chi connectivity index (χ2n) is 22.9. The Bertz CT molecular complexity index is 5440. The molecule has 0 bridgehead atoms. The third kappa shape index (κ3) is 7.89. The molecule has 0 aliphatic rings. The van der Waals surface area contributed by atoms with Gasteiger partial charge in [-0.3, -0.25) is 0 Å². The minimum absolute atomic E-state index is 0.665. The van der Waals surface area contributed by atoms with Gasteiger partial charge in [0.15, 0.2) is 5.82 Å². The number of nitrogens with zero attached hydrogens (tertiary/aromatic N) is 6. The van der Waals surface area contributed by atoms with Crippen molar-refractivity contribution in [3.63, 3.8) is 0 Å². The Kier molecular flexibility index (Phi) is 11.2. The van der Waals surface area contributed by atoms with Crippen LogP contribution in [0.25, 0.3) is 166 Å². The third-order valence-electron chi connectivity index (χ3n) is 18.0. The van der Waals surface area contributed by atoms with Gasteiger partial charge >= 0.3 is 0 Å². The first kappa shape index (κ1) is 49.6. The number of hydrogen-bond acceptors (Lipinski definition) is 2. The average Bonchev–Trinajstić information content (AvgIpc) is 2.07. The summed E-state index contributed by atoms with van der Waals surface area (Å²) in [7, 11) is 0. The van der Waals surface area contributed by atoms with Crippen molar-refractivity contribution in [2.45, 2.75) is 0 Å². The minimum atomic E-state index is 0.665. The van der Waals surface area contributed by atoms with Crippen molar-refractivity contribution in [1.29, 1.82) is 0 Å². The van der Waals surface area contributed by atoms with E-state index in [1.807, 2.05) is 6.07 Å². The summed E-state index contributed by atoms with van der Waals surface area (Å²) in [5.41, 5.74) is 23.2. The van der Waals surface area contributed by atoms with Crippen LogP contribution in [0.4, 0.5) is 0 Å². The van der Waals surface area contributed by atoms with Crippen LogP contribution in [0.1, 0.15) is 0 Å². The lowest BCUT2D eigenvalue weighted by Crippen LogP contribution is -1.98. The number of hydrogen-bond donors (Lipinski definition) is 0. The van der Waals surface area contributed by atoms with E-state index in [-0.39, 0.29) is 0 Å². The first-order chi connectivity index (χ1) is 43.6.